The molecule has 0 aromatic heterocycles. The van der Waals surface area contributed by atoms with Crippen LogP contribution in [0.5, 0.6) is 11.5 Å². The number of carbonyl (C=O) groups is 3. The number of hydrogen-bond donors (Lipinski definition) is 5. The number of esters is 1. The number of nitrogens with one attached hydrogen (secondary N) is 2. The molecule has 0 bridgehead atoms. The van der Waals surface area contributed by atoms with Crippen LogP contribution < -0.4 is 20.5 Å². The zero-order valence-corrected chi connectivity index (χ0v) is 19.5. The Morgan fingerprint density at radius 1 is 1.17 bits per heavy atom. The summed E-state index contributed by atoms with van der Waals surface area (Å²) in [6.45, 7) is 3.75. The summed E-state index contributed by atoms with van der Waals surface area (Å²) in [6.07, 6.45) is -0.597. The normalized spacial score (nSPS) is 19.3. The molecule has 2 aliphatic rings. The molecule has 2 aromatic carbocycles. The van der Waals surface area contributed by atoms with E-state index in [9.17, 15) is 24.6 Å². The summed E-state index contributed by atoms with van der Waals surface area (Å²) in [7, 11) is 0. The molecule has 2 aliphatic heterocycles. The van der Waals surface area contributed by atoms with E-state index in [2.05, 4.69) is 10.5 Å². The van der Waals surface area contributed by atoms with Crippen molar-refractivity contribution in [3.8, 4) is 11.5 Å². The van der Waals surface area contributed by atoms with E-state index in [4.69, 9.17) is 25.5 Å². The van der Waals surface area contributed by atoms with Crippen LogP contribution in [-0.4, -0.2) is 51.0 Å². The van der Waals surface area contributed by atoms with Crippen LogP contribution in [0.3, 0.4) is 0 Å². The van der Waals surface area contributed by atoms with Gasteiger partial charge in [-0.3, -0.25) is 10.2 Å². The maximum atomic E-state index is 12.8. The maximum absolute atomic E-state index is 12.8. The molecule has 0 fully saturated rings. The predicted octanol–water partition coefficient (Wildman–Crippen LogP) is 2.35. The fourth-order valence-electron chi connectivity index (χ4n) is 4.13. The highest BCUT2D eigenvalue weighted by Crippen LogP contribution is 2.42. The highest BCUT2D eigenvalue weighted by Gasteiger charge is 2.50. The van der Waals surface area contributed by atoms with Crippen LogP contribution in [0.15, 0.2) is 41.6 Å². The van der Waals surface area contributed by atoms with Crippen LogP contribution >= 0.6 is 0 Å². The van der Waals surface area contributed by atoms with Crippen LogP contribution in [0.4, 0.5) is 5.69 Å². The summed E-state index contributed by atoms with van der Waals surface area (Å²) in [5.41, 5.74) is 4.84. The van der Waals surface area contributed by atoms with E-state index in [0.717, 1.165) is 5.56 Å². The molecular weight excluding hydrogens is 472 g/mol. The van der Waals surface area contributed by atoms with Gasteiger partial charge >= 0.3 is 17.9 Å². The van der Waals surface area contributed by atoms with Gasteiger partial charge in [-0.2, -0.15) is 0 Å². The minimum atomic E-state index is -2.04. The molecule has 0 spiro atoms. The van der Waals surface area contributed by atoms with Gasteiger partial charge in [0.15, 0.2) is 5.96 Å². The monoisotopic (exact) mass is 496 g/mol. The third-order valence-corrected chi connectivity index (χ3v) is 5.70. The summed E-state index contributed by atoms with van der Waals surface area (Å²) in [5.74, 6) is -3.12. The molecule has 0 aliphatic carbocycles. The van der Waals surface area contributed by atoms with Gasteiger partial charge in [0, 0.05) is 35.7 Å². The second-order valence-electron chi connectivity index (χ2n) is 9.17. The van der Waals surface area contributed by atoms with Crippen molar-refractivity contribution >= 4 is 35.3 Å². The molecule has 1 atom stereocenters. The SMILES string of the molecule is CC1(C)Cc2c(cc(OC(=O)c3ccc(NC(=N)N)cc3)cc2C2=NOC(CC(=O)O)(C(=O)O)C2)O1. The van der Waals surface area contributed by atoms with E-state index in [-0.39, 0.29) is 29.4 Å². The smallest absolute Gasteiger partial charge is 0.351 e. The van der Waals surface area contributed by atoms with Gasteiger partial charge in [0.1, 0.15) is 17.1 Å². The molecule has 2 heterocycles. The number of nitrogens with zero attached hydrogens (tertiary/aromatic N) is 1. The zero-order valence-electron chi connectivity index (χ0n) is 19.5. The lowest BCUT2D eigenvalue weighted by Gasteiger charge is -2.19. The second-order valence-corrected chi connectivity index (χ2v) is 9.17. The van der Waals surface area contributed by atoms with Crippen molar-refractivity contribution in [2.45, 2.75) is 44.3 Å². The molecule has 1 unspecified atom stereocenters. The minimum Gasteiger partial charge on any atom is -0.487 e. The molecule has 0 radical (unpaired) electrons. The van der Waals surface area contributed by atoms with Crippen LogP contribution in [0.1, 0.15) is 48.2 Å². The minimum absolute atomic E-state index is 0.131. The number of ether oxygens (including phenoxy) is 2. The van der Waals surface area contributed by atoms with E-state index in [0.29, 0.717) is 23.4 Å². The van der Waals surface area contributed by atoms with Crippen LogP contribution in [0.25, 0.3) is 0 Å². The number of oxime groups is 1. The van der Waals surface area contributed by atoms with Crippen LogP contribution in [-0.2, 0) is 20.8 Å². The molecule has 12 heteroatoms. The van der Waals surface area contributed by atoms with Gasteiger partial charge in [0.25, 0.3) is 0 Å². The van der Waals surface area contributed by atoms with Crippen LogP contribution in [0, 0.1) is 5.41 Å². The first-order valence-corrected chi connectivity index (χ1v) is 10.9. The van der Waals surface area contributed by atoms with Gasteiger partial charge in [0.2, 0.25) is 5.60 Å². The lowest BCUT2D eigenvalue weighted by Crippen LogP contribution is -2.41. The number of benzene rings is 2. The fourth-order valence-corrected chi connectivity index (χ4v) is 4.13. The number of rotatable bonds is 7. The Hall–Kier alpha value is -4.61. The van der Waals surface area contributed by atoms with E-state index < -0.39 is 35.5 Å². The molecule has 0 saturated heterocycles. The molecule has 12 nitrogen and oxygen atoms in total. The Bertz CT molecular complexity index is 1300. The van der Waals surface area contributed by atoms with E-state index >= 15 is 0 Å². The van der Waals surface area contributed by atoms with Crippen molar-refractivity contribution in [1.82, 2.24) is 0 Å². The number of guanidine groups is 1. The zero-order chi connectivity index (χ0) is 26.3. The lowest BCUT2D eigenvalue weighted by molar-refractivity contribution is -0.169. The van der Waals surface area contributed by atoms with Crippen molar-refractivity contribution in [3.63, 3.8) is 0 Å². The second kappa shape index (κ2) is 8.87. The molecule has 0 amide bonds. The predicted molar refractivity (Wildman–Crippen MR) is 127 cm³/mol. The van der Waals surface area contributed by atoms with E-state index in [1.54, 1.807) is 18.2 Å². The Balaban J connectivity index is 1.64. The van der Waals surface area contributed by atoms with Gasteiger partial charge in [-0.1, -0.05) is 5.16 Å². The summed E-state index contributed by atoms with van der Waals surface area (Å²) in [5, 5.41) is 32.6. The summed E-state index contributed by atoms with van der Waals surface area (Å²) < 4.78 is 11.6. The largest absolute Gasteiger partial charge is 0.487 e. The fraction of sp³-hybridized carbons (Fsp3) is 0.292. The first-order valence-electron chi connectivity index (χ1n) is 10.9. The highest BCUT2D eigenvalue weighted by molar-refractivity contribution is 6.07. The molecule has 36 heavy (non-hydrogen) atoms. The van der Waals surface area contributed by atoms with Gasteiger partial charge in [-0.15, -0.1) is 0 Å². The van der Waals surface area contributed by atoms with E-state index in [1.165, 1.54) is 18.2 Å². The standard InChI is InChI=1S/C24H24N4O8/c1-23(2)9-16-15(17-10-24(21(32)33,36-28-17)11-19(29)30)7-14(8-18(16)35-23)34-20(31)12-3-5-13(6-4-12)27-22(25)26/h3-8H,9-11H2,1-2H3,(H,29,30)(H,32,33)(H4,25,26,27). The third kappa shape index (κ3) is 4.92. The quantitative estimate of drug-likeness (QED) is 0.164. The number of nitrogens with two attached hydrogens (primary N) is 1. The number of fused-ring (bicyclic) bond motifs is 1. The lowest BCUT2D eigenvalue weighted by atomic mass is 9.88. The number of anilines is 1. The van der Waals surface area contributed by atoms with Crippen molar-refractivity contribution in [1.29, 1.82) is 5.41 Å². The molecule has 0 saturated carbocycles. The molecule has 6 N–H and O–H groups in total. The third-order valence-electron chi connectivity index (χ3n) is 5.70. The summed E-state index contributed by atoms with van der Waals surface area (Å²) >= 11 is 0. The first-order chi connectivity index (χ1) is 16.9. The molecular formula is C24H24N4O8. The number of carboxylic acids is 2. The number of carboxylic acid groups (broad SMARTS) is 2. The number of hydrogen-bond acceptors (Lipinski definition) is 8. The summed E-state index contributed by atoms with van der Waals surface area (Å²) in [6, 6.07) is 9.24. The van der Waals surface area contributed by atoms with Crippen molar-refractivity contribution in [2.24, 2.45) is 10.9 Å². The maximum Gasteiger partial charge on any atom is 0.351 e. The number of aliphatic carboxylic acids is 2. The van der Waals surface area contributed by atoms with Crippen molar-refractivity contribution in [3.05, 3.63) is 53.1 Å². The Morgan fingerprint density at radius 3 is 2.47 bits per heavy atom. The van der Waals surface area contributed by atoms with E-state index in [1.807, 2.05) is 13.8 Å². The van der Waals surface area contributed by atoms with Crippen LogP contribution in [0.2, 0.25) is 0 Å². The average molecular weight is 496 g/mol. The Labute approximate surface area is 205 Å². The topological polar surface area (TPSA) is 194 Å². The first kappa shape index (κ1) is 24.5. The van der Waals surface area contributed by atoms with Gasteiger partial charge in [-0.25, -0.2) is 9.59 Å². The van der Waals surface area contributed by atoms with Gasteiger partial charge in [-0.05, 0) is 44.2 Å². The van der Waals surface area contributed by atoms with Gasteiger partial charge in [0.05, 0.1) is 17.7 Å². The number of carbonyl (C=O) groups excluding carboxylic acids is 1. The molecule has 4 rings (SSSR count). The Morgan fingerprint density at radius 2 is 1.86 bits per heavy atom. The van der Waals surface area contributed by atoms with Crippen molar-refractivity contribution < 1.29 is 38.9 Å². The average Bonchev–Trinajstić information content (AvgIpc) is 3.33. The highest BCUT2D eigenvalue weighted by atomic mass is 16.7. The molecule has 2 aromatic rings. The Kier molecular flexibility index (Phi) is 6.04. The van der Waals surface area contributed by atoms with Crippen molar-refractivity contribution in [2.75, 3.05) is 5.32 Å². The summed E-state index contributed by atoms with van der Waals surface area (Å²) in [4.78, 5) is 41.0. The molecule has 188 valence electrons. The van der Waals surface area contributed by atoms with Gasteiger partial charge < -0.3 is 35.6 Å².